The maximum atomic E-state index is 12.1. The van der Waals surface area contributed by atoms with Crippen molar-refractivity contribution in [3.63, 3.8) is 0 Å². The van der Waals surface area contributed by atoms with Crippen LogP contribution in [0.3, 0.4) is 0 Å². The lowest BCUT2D eigenvalue weighted by Crippen LogP contribution is -2.50. The van der Waals surface area contributed by atoms with Crippen LogP contribution in [0.5, 0.6) is 0 Å². The average Bonchev–Trinajstić information content (AvgIpc) is 2.29. The predicted octanol–water partition coefficient (Wildman–Crippen LogP) is 2.65. The van der Waals surface area contributed by atoms with Crippen molar-refractivity contribution < 1.29 is 8.42 Å². The molecule has 0 spiro atoms. The first kappa shape index (κ1) is 14.3. The summed E-state index contributed by atoms with van der Waals surface area (Å²) in [6.07, 6.45) is 5.49. The summed E-state index contributed by atoms with van der Waals surface area (Å²) in [6, 6.07) is 0. The Morgan fingerprint density at radius 1 is 1.31 bits per heavy atom. The van der Waals surface area contributed by atoms with Crippen LogP contribution in [0.25, 0.3) is 0 Å². The van der Waals surface area contributed by atoms with Gasteiger partial charge in [-0.3, -0.25) is 0 Å². The van der Waals surface area contributed by atoms with Crippen molar-refractivity contribution in [2.24, 2.45) is 0 Å². The van der Waals surface area contributed by atoms with Gasteiger partial charge in [0.1, 0.15) is 0 Å². The van der Waals surface area contributed by atoms with Gasteiger partial charge in [0.15, 0.2) is 0 Å². The monoisotopic (exact) mass is 267 g/mol. The second kappa shape index (κ2) is 5.69. The molecule has 1 saturated carbocycles. The van der Waals surface area contributed by atoms with Crippen molar-refractivity contribution in [1.29, 1.82) is 0 Å². The summed E-state index contributed by atoms with van der Waals surface area (Å²) >= 11 is 5.83. The molecule has 16 heavy (non-hydrogen) atoms. The standard InChI is InChI=1S/C11H22ClNO2S/c1-3-11(2,9-12)13-16(14,15)10-7-5-4-6-8-10/h10,13H,3-9H2,1-2H3. The van der Waals surface area contributed by atoms with Crippen LogP contribution in [-0.2, 0) is 10.0 Å². The van der Waals surface area contributed by atoms with E-state index in [1.807, 2.05) is 13.8 Å². The van der Waals surface area contributed by atoms with Gasteiger partial charge in [-0.15, -0.1) is 11.6 Å². The molecule has 0 radical (unpaired) electrons. The smallest absolute Gasteiger partial charge is 0.212 e. The zero-order valence-corrected chi connectivity index (χ0v) is 11.7. The number of hydrogen-bond acceptors (Lipinski definition) is 2. The van der Waals surface area contributed by atoms with Crippen molar-refractivity contribution in [3.05, 3.63) is 0 Å². The number of halogens is 1. The van der Waals surface area contributed by atoms with Gasteiger partial charge in [0.2, 0.25) is 10.0 Å². The van der Waals surface area contributed by atoms with E-state index in [4.69, 9.17) is 11.6 Å². The van der Waals surface area contributed by atoms with Crippen molar-refractivity contribution in [1.82, 2.24) is 4.72 Å². The first-order chi connectivity index (χ1) is 7.43. The second-order valence-electron chi connectivity index (χ2n) is 4.95. The van der Waals surface area contributed by atoms with Gasteiger partial charge >= 0.3 is 0 Å². The molecule has 0 heterocycles. The summed E-state index contributed by atoms with van der Waals surface area (Å²) in [6.45, 7) is 3.81. The van der Waals surface area contributed by atoms with Gasteiger partial charge in [-0.25, -0.2) is 13.1 Å². The summed E-state index contributed by atoms with van der Waals surface area (Å²) in [4.78, 5) is 0. The zero-order valence-electron chi connectivity index (χ0n) is 10.1. The van der Waals surface area contributed by atoms with Crippen LogP contribution in [0.15, 0.2) is 0 Å². The summed E-state index contributed by atoms with van der Waals surface area (Å²) in [7, 11) is -3.20. The average molecular weight is 268 g/mol. The van der Waals surface area contributed by atoms with Crippen LogP contribution >= 0.6 is 11.6 Å². The zero-order chi connectivity index (χ0) is 12.2. The minimum atomic E-state index is -3.20. The molecule has 1 fully saturated rings. The van der Waals surface area contributed by atoms with E-state index in [1.165, 1.54) is 0 Å². The largest absolute Gasteiger partial charge is 0.215 e. The lowest BCUT2D eigenvalue weighted by Gasteiger charge is -2.30. The minimum absolute atomic E-state index is 0.213. The van der Waals surface area contributed by atoms with Gasteiger partial charge in [0.05, 0.1) is 5.25 Å². The molecule has 96 valence electrons. The van der Waals surface area contributed by atoms with Gasteiger partial charge in [-0.05, 0) is 26.2 Å². The van der Waals surface area contributed by atoms with E-state index in [-0.39, 0.29) is 5.25 Å². The molecule has 0 aliphatic heterocycles. The Labute approximate surface area is 104 Å². The predicted molar refractivity (Wildman–Crippen MR) is 68.3 cm³/mol. The SMILES string of the molecule is CCC(C)(CCl)NS(=O)(=O)C1CCCCC1. The van der Waals surface area contributed by atoms with Crippen LogP contribution in [0.1, 0.15) is 52.4 Å². The molecule has 0 aromatic heterocycles. The van der Waals surface area contributed by atoms with E-state index in [9.17, 15) is 8.42 Å². The molecule has 0 aromatic rings. The molecule has 1 unspecified atom stereocenters. The maximum absolute atomic E-state index is 12.1. The van der Waals surface area contributed by atoms with Crippen molar-refractivity contribution in [3.8, 4) is 0 Å². The van der Waals surface area contributed by atoms with E-state index in [2.05, 4.69) is 4.72 Å². The van der Waals surface area contributed by atoms with E-state index in [0.29, 0.717) is 12.3 Å². The molecule has 1 aliphatic carbocycles. The number of nitrogens with one attached hydrogen (secondary N) is 1. The Morgan fingerprint density at radius 2 is 1.88 bits per heavy atom. The van der Waals surface area contributed by atoms with Gasteiger partial charge in [0, 0.05) is 11.4 Å². The Balaban J connectivity index is 2.70. The molecule has 0 bridgehead atoms. The van der Waals surface area contributed by atoms with Gasteiger partial charge in [0.25, 0.3) is 0 Å². The highest BCUT2D eigenvalue weighted by Crippen LogP contribution is 2.25. The maximum Gasteiger partial charge on any atom is 0.215 e. The summed E-state index contributed by atoms with van der Waals surface area (Å²) in [5.41, 5.74) is -0.502. The van der Waals surface area contributed by atoms with Crippen molar-refractivity contribution in [2.75, 3.05) is 5.88 Å². The number of alkyl halides is 1. The fraction of sp³-hybridized carbons (Fsp3) is 1.00. The molecule has 0 amide bonds. The van der Waals surface area contributed by atoms with Crippen LogP contribution in [0.2, 0.25) is 0 Å². The van der Waals surface area contributed by atoms with Crippen molar-refractivity contribution >= 4 is 21.6 Å². The Bertz CT molecular complexity index is 306. The number of rotatable bonds is 5. The summed E-state index contributed by atoms with van der Waals surface area (Å²) in [5, 5.41) is -0.213. The van der Waals surface area contributed by atoms with E-state index in [1.54, 1.807) is 0 Å². The van der Waals surface area contributed by atoms with E-state index >= 15 is 0 Å². The van der Waals surface area contributed by atoms with E-state index in [0.717, 1.165) is 32.1 Å². The molecule has 3 nitrogen and oxygen atoms in total. The fourth-order valence-electron chi connectivity index (χ4n) is 2.00. The van der Waals surface area contributed by atoms with Gasteiger partial charge in [-0.2, -0.15) is 0 Å². The third kappa shape index (κ3) is 3.60. The van der Waals surface area contributed by atoms with Crippen molar-refractivity contribution in [2.45, 2.75) is 63.2 Å². The molecule has 1 atom stereocenters. The lowest BCUT2D eigenvalue weighted by molar-refractivity contribution is 0.424. The molecule has 0 saturated heterocycles. The molecular weight excluding hydrogens is 246 g/mol. The van der Waals surface area contributed by atoms with Crippen LogP contribution < -0.4 is 4.72 Å². The third-order valence-corrected chi connectivity index (χ3v) is 6.17. The van der Waals surface area contributed by atoms with Crippen LogP contribution in [0, 0.1) is 0 Å². The molecular formula is C11H22ClNO2S. The van der Waals surface area contributed by atoms with E-state index < -0.39 is 15.6 Å². The molecule has 1 rings (SSSR count). The minimum Gasteiger partial charge on any atom is -0.212 e. The van der Waals surface area contributed by atoms with Crippen LogP contribution in [-0.4, -0.2) is 25.1 Å². The second-order valence-corrected chi connectivity index (χ2v) is 7.18. The highest BCUT2D eigenvalue weighted by Gasteiger charge is 2.33. The van der Waals surface area contributed by atoms with Gasteiger partial charge in [-0.1, -0.05) is 26.2 Å². The van der Waals surface area contributed by atoms with Crippen LogP contribution in [0.4, 0.5) is 0 Å². The number of hydrogen-bond donors (Lipinski definition) is 1. The lowest BCUT2D eigenvalue weighted by atomic mass is 10.0. The topological polar surface area (TPSA) is 46.2 Å². The first-order valence-electron chi connectivity index (χ1n) is 6.02. The summed E-state index contributed by atoms with van der Waals surface area (Å²) in [5.74, 6) is 0.315. The highest BCUT2D eigenvalue weighted by atomic mass is 35.5. The molecule has 1 N–H and O–H groups in total. The number of sulfonamides is 1. The Hall–Kier alpha value is 0.200. The Morgan fingerprint density at radius 3 is 2.31 bits per heavy atom. The molecule has 5 heteroatoms. The normalized spacial score (nSPS) is 22.9. The fourth-order valence-corrected chi connectivity index (χ4v) is 4.36. The molecule has 0 aromatic carbocycles. The quantitative estimate of drug-likeness (QED) is 0.779. The first-order valence-corrected chi connectivity index (χ1v) is 8.10. The Kier molecular flexibility index (Phi) is 5.08. The van der Waals surface area contributed by atoms with Gasteiger partial charge < -0.3 is 0 Å². The summed E-state index contributed by atoms with van der Waals surface area (Å²) < 4.78 is 27.1. The highest BCUT2D eigenvalue weighted by molar-refractivity contribution is 7.90. The molecule has 1 aliphatic rings. The third-order valence-electron chi connectivity index (χ3n) is 3.45.